The standard InChI is InChI=1S/C14H17F2N3O/c1-9-4-5-12-11(6-9)7-17-19(12)8-10(2)18-13(20)14(3,15)16/h4-7,10H,8H2,1-3H3,(H,18,20). The summed E-state index contributed by atoms with van der Waals surface area (Å²) in [5, 5.41) is 7.50. The first-order valence-electron chi connectivity index (χ1n) is 6.38. The van der Waals surface area contributed by atoms with Gasteiger partial charge in [0.1, 0.15) is 0 Å². The number of fused-ring (bicyclic) bond motifs is 1. The van der Waals surface area contributed by atoms with Gasteiger partial charge < -0.3 is 5.32 Å². The highest BCUT2D eigenvalue weighted by Gasteiger charge is 2.32. The van der Waals surface area contributed by atoms with Gasteiger partial charge in [-0.15, -0.1) is 0 Å². The summed E-state index contributed by atoms with van der Waals surface area (Å²) in [5.41, 5.74) is 2.05. The molecule has 0 aliphatic carbocycles. The number of aromatic nitrogens is 2. The summed E-state index contributed by atoms with van der Waals surface area (Å²) in [6, 6.07) is 5.46. The van der Waals surface area contributed by atoms with Gasteiger partial charge in [0.15, 0.2) is 0 Å². The Bertz CT molecular complexity index is 631. The van der Waals surface area contributed by atoms with Crippen LogP contribution in [0.15, 0.2) is 24.4 Å². The Labute approximate surface area is 115 Å². The minimum absolute atomic E-state index is 0.342. The van der Waals surface area contributed by atoms with E-state index in [2.05, 4.69) is 10.4 Å². The molecule has 0 spiro atoms. The second-order valence-corrected chi connectivity index (χ2v) is 5.15. The molecule has 1 aromatic heterocycles. The van der Waals surface area contributed by atoms with E-state index in [0.717, 1.165) is 16.5 Å². The van der Waals surface area contributed by atoms with Gasteiger partial charge in [0.25, 0.3) is 5.91 Å². The molecule has 20 heavy (non-hydrogen) atoms. The molecule has 1 N–H and O–H groups in total. The molecule has 0 saturated heterocycles. The summed E-state index contributed by atoms with van der Waals surface area (Å²) in [7, 11) is 0. The van der Waals surface area contributed by atoms with Gasteiger partial charge in [-0.05, 0) is 26.0 Å². The maximum atomic E-state index is 12.8. The van der Waals surface area contributed by atoms with Gasteiger partial charge in [-0.1, -0.05) is 11.6 Å². The number of hydrogen-bond donors (Lipinski definition) is 1. The van der Waals surface area contributed by atoms with Crippen molar-refractivity contribution >= 4 is 16.8 Å². The lowest BCUT2D eigenvalue weighted by atomic mass is 10.2. The number of amides is 1. The fourth-order valence-corrected chi connectivity index (χ4v) is 2.01. The Morgan fingerprint density at radius 3 is 2.85 bits per heavy atom. The molecule has 2 rings (SSSR count). The topological polar surface area (TPSA) is 46.9 Å². The number of alkyl halides is 2. The number of aryl methyl sites for hydroxylation is 1. The van der Waals surface area contributed by atoms with Crippen molar-refractivity contribution < 1.29 is 13.6 Å². The van der Waals surface area contributed by atoms with E-state index in [0.29, 0.717) is 13.5 Å². The van der Waals surface area contributed by atoms with E-state index in [-0.39, 0.29) is 0 Å². The van der Waals surface area contributed by atoms with Crippen molar-refractivity contribution in [2.24, 2.45) is 0 Å². The molecule has 1 atom stereocenters. The van der Waals surface area contributed by atoms with Crippen molar-refractivity contribution in [2.75, 3.05) is 0 Å². The van der Waals surface area contributed by atoms with Crippen LogP contribution in [0.5, 0.6) is 0 Å². The van der Waals surface area contributed by atoms with E-state index in [1.807, 2.05) is 25.1 Å². The lowest BCUT2D eigenvalue weighted by Gasteiger charge is -2.17. The summed E-state index contributed by atoms with van der Waals surface area (Å²) in [6.45, 7) is 4.59. The van der Waals surface area contributed by atoms with E-state index in [1.54, 1.807) is 17.8 Å². The highest BCUT2D eigenvalue weighted by Crippen LogP contribution is 2.16. The quantitative estimate of drug-likeness (QED) is 0.936. The largest absolute Gasteiger partial charge is 0.347 e. The molecular weight excluding hydrogens is 264 g/mol. The van der Waals surface area contributed by atoms with Crippen LogP contribution in [0.25, 0.3) is 10.9 Å². The van der Waals surface area contributed by atoms with Crippen LogP contribution in [-0.2, 0) is 11.3 Å². The monoisotopic (exact) mass is 281 g/mol. The minimum atomic E-state index is -3.36. The van der Waals surface area contributed by atoms with E-state index in [9.17, 15) is 13.6 Å². The normalized spacial score (nSPS) is 13.4. The van der Waals surface area contributed by atoms with Gasteiger partial charge in [-0.2, -0.15) is 13.9 Å². The van der Waals surface area contributed by atoms with Crippen LogP contribution in [0.1, 0.15) is 19.4 Å². The van der Waals surface area contributed by atoms with Gasteiger partial charge in [-0.3, -0.25) is 9.48 Å². The Morgan fingerprint density at radius 1 is 1.50 bits per heavy atom. The van der Waals surface area contributed by atoms with Gasteiger partial charge in [0.2, 0.25) is 0 Å². The Hall–Kier alpha value is -1.98. The fraction of sp³-hybridized carbons (Fsp3) is 0.429. The van der Waals surface area contributed by atoms with Gasteiger partial charge >= 0.3 is 5.92 Å². The molecule has 1 amide bonds. The van der Waals surface area contributed by atoms with Crippen molar-refractivity contribution in [3.8, 4) is 0 Å². The third-order valence-electron chi connectivity index (χ3n) is 3.02. The lowest BCUT2D eigenvalue weighted by Crippen LogP contribution is -2.44. The summed E-state index contributed by atoms with van der Waals surface area (Å²) >= 11 is 0. The molecule has 1 aromatic carbocycles. The number of carbonyl (C=O) groups is 1. The van der Waals surface area contributed by atoms with Crippen LogP contribution in [0.2, 0.25) is 0 Å². The summed E-state index contributed by atoms with van der Waals surface area (Å²) in [4.78, 5) is 11.2. The van der Waals surface area contributed by atoms with Gasteiger partial charge in [0.05, 0.1) is 18.3 Å². The fourth-order valence-electron chi connectivity index (χ4n) is 2.01. The average Bonchev–Trinajstić information content (AvgIpc) is 2.70. The van der Waals surface area contributed by atoms with E-state index >= 15 is 0 Å². The maximum Gasteiger partial charge on any atom is 0.321 e. The number of halogens is 2. The van der Waals surface area contributed by atoms with Crippen LogP contribution in [0.4, 0.5) is 8.78 Å². The highest BCUT2D eigenvalue weighted by molar-refractivity contribution is 5.83. The molecule has 0 radical (unpaired) electrons. The number of nitrogens with one attached hydrogen (secondary N) is 1. The highest BCUT2D eigenvalue weighted by atomic mass is 19.3. The summed E-state index contributed by atoms with van der Waals surface area (Å²) < 4.78 is 27.3. The number of carbonyl (C=O) groups excluding carboxylic acids is 1. The molecule has 4 nitrogen and oxygen atoms in total. The molecule has 0 bridgehead atoms. The first-order valence-corrected chi connectivity index (χ1v) is 6.38. The number of rotatable bonds is 4. The zero-order chi connectivity index (χ0) is 14.9. The molecular formula is C14H17F2N3O. The molecule has 6 heteroatoms. The third-order valence-corrected chi connectivity index (χ3v) is 3.02. The zero-order valence-electron chi connectivity index (χ0n) is 11.7. The van der Waals surface area contributed by atoms with Crippen LogP contribution in [-0.4, -0.2) is 27.7 Å². The van der Waals surface area contributed by atoms with Crippen molar-refractivity contribution in [3.05, 3.63) is 30.0 Å². The average molecular weight is 281 g/mol. The second kappa shape index (κ2) is 5.19. The van der Waals surface area contributed by atoms with Crippen LogP contribution in [0, 0.1) is 6.92 Å². The molecule has 1 unspecified atom stereocenters. The summed E-state index contributed by atoms with van der Waals surface area (Å²) in [6.07, 6.45) is 1.73. The molecule has 108 valence electrons. The zero-order valence-corrected chi connectivity index (χ0v) is 11.7. The predicted octanol–water partition coefficient (Wildman–Crippen LogP) is 2.50. The van der Waals surface area contributed by atoms with Crippen molar-refractivity contribution in [2.45, 2.75) is 39.3 Å². The number of nitrogens with zero attached hydrogens (tertiary/aromatic N) is 2. The van der Waals surface area contributed by atoms with E-state index < -0.39 is 17.9 Å². The lowest BCUT2D eigenvalue weighted by molar-refractivity contribution is -0.143. The number of benzene rings is 1. The first kappa shape index (κ1) is 14.4. The SMILES string of the molecule is Cc1ccc2c(cnn2CC(C)NC(=O)C(C)(F)F)c1. The molecule has 0 aliphatic heterocycles. The van der Waals surface area contributed by atoms with Crippen molar-refractivity contribution in [1.29, 1.82) is 0 Å². The van der Waals surface area contributed by atoms with E-state index in [1.165, 1.54) is 0 Å². The second-order valence-electron chi connectivity index (χ2n) is 5.15. The summed E-state index contributed by atoms with van der Waals surface area (Å²) in [5.74, 6) is -4.63. The van der Waals surface area contributed by atoms with Gasteiger partial charge in [0, 0.05) is 18.4 Å². The van der Waals surface area contributed by atoms with Crippen LogP contribution in [0.3, 0.4) is 0 Å². The third kappa shape index (κ3) is 3.12. The molecule has 2 aromatic rings. The predicted molar refractivity (Wildman–Crippen MR) is 72.7 cm³/mol. The Balaban J connectivity index is 2.10. The van der Waals surface area contributed by atoms with Crippen molar-refractivity contribution in [3.63, 3.8) is 0 Å². The Kier molecular flexibility index (Phi) is 3.74. The molecule has 0 aliphatic rings. The Morgan fingerprint density at radius 2 is 2.20 bits per heavy atom. The molecule has 0 saturated carbocycles. The smallest absolute Gasteiger partial charge is 0.321 e. The van der Waals surface area contributed by atoms with Crippen LogP contribution < -0.4 is 5.32 Å². The maximum absolute atomic E-state index is 12.8. The van der Waals surface area contributed by atoms with Gasteiger partial charge in [-0.25, -0.2) is 0 Å². The minimum Gasteiger partial charge on any atom is -0.347 e. The van der Waals surface area contributed by atoms with Crippen LogP contribution >= 0.6 is 0 Å². The van der Waals surface area contributed by atoms with Crippen molar-refractivity contribution in [1.82, 2.24) is 15.1 Å². The first-order chi connectivity index (χ1) is 9.27. The molecule has 0 fully saturated rings. The van der Waals surface area contributed by atoms with E-state index in [4.69, 9.17) is 0 Å². The molecule has 1 heterocycles. The number of hydrogen-bond acceptors (Lipinski definition) is 2.